The third-order valence-corrected chi connectivity index (χ3v) is 3.18. The molecule has 0 spiro atoms. The predicted octanol–water partition coefficient (Wildman–Crippen LogP) is 2.95. The molecule has 0 aliphatic carbocycles. The zero-order valence-electron chi connectivity index (χ0n) is 12.0. The van der Waals surface area contributed by atoms with Crippen molar-refractivity contribution in [3.63, 3.8) is 0 Å². The Morgan fingerprint density at radius 2 is 1.86 bits per heavy atom. The van der Waals surface area contributed by atoms with Gasteiger partial charge in [-0.25, -0.2) is 0 Å². The molecule has 1 N–H and O–H groups in total. The number of carbonyl (C=O) groups excluding carboxylic acids is 1. The van der Waals surface area contributed by atoms with Gasteiger partial charge in [0.2, 0.25) is 5.82 Å². The van der Waals surface area contributed by atoms with Crippen LogP contribution in [0.25, 0.3) is 11.4 Å². The van der Waals surface area contributed by atoms with Crippen LogP contribution >= 0.6 is 0 Å². The van der Waals surface area contributed by atoms with Crippen molar-refractivity contribution in [2.24, 2.45) is 0 Å². The Balaban J connectivity index is 1.74. The second kappa shape index (κ2) is 6.17. The minimum atomic E-state index is -0.433. The fraction of sp³-hybridized carbons (Fsp3) is 0.125. The van der Waals surface area contributed by atoms with Gasteiger partial charge in [-0.1, -0.05) is 24.2 Å². The lowest BCUT2D eigenvalue weighted by atomic mass is 10.1. The summed E-state index contributed by atoms with van der Waals surface area (Å²) in [5.74, 6) is -0.155. The highest BCUT2D eigenvalue weighted by atomic mass is 16.5. The minimum absolute atomic E-state index is 0.0774. The van der Waals surface area contributed by atoms with E-state index in [1.807, 2.05) is 24.3 Å². The van der Waals surface area contributed by atoms with Gasteiger partial charge < -0.3 is 9.84 Å². The molecule has 0 radical (unpaired) electrons. The van der Waals surface area contributed by atoms with Crippen LogP contribution in [0.3, 0.4) is 0 Å². The van der Waals surface area contributed by atoms with Gasteiger partial charge in [0.15, 0.2) is 0 Å². The molecule has 1 amide bonds. The predicted molar refractivity (Wildman–Crippen MR) is 81.3 cm³/mol. The normalized spacial score (nSPS) is 10.4. The van der Waals surface area contributed by atoms with Gasteiger partial charge in [-0.2, -0.15) is 4.98 Å². The third-order valence-electron chi connectivity index (χ3n) is 3.18. The molecule has 1 aromatic carbocycles. The number of nitrogens with one attached hydrogen (secondary N) is 1. The summed E-state index contributed by atoms with van der Waals surface area (Å²) < 4.78 is 5.00. The standard InChI is InChI=1S/C16H14N4O2/c1-2-11-3-5-13(6-4-11)18-15(21)16-19-14(20-22-16)12-7-9-17-10-8-12/h3-10H,2H2,1H3,(H,18,21). The van der Waals surface area contributed by atoms with Crippen LogP contribution < -0.4 is 5.32 Å². The van der Waals surface area contributed by atoms with Gasteiger partial charge in [-0.3, -0.25) is 9.78 Å². The molecule has 2 heterocycles. The van der Waals surface area contributed by atoms with Gasteiger partial charge in [-0.05, 0) is 36.2 Å². The number of carbonyl (C=O) groups is 1. The molecule has 22 heavy (non-hydrogen) atoms. The van der Waals surface area contributed by atoms with E-state index in [1.165, 1.54) is 5.56 Å². The van der Waals surface area contributed by atoms with E-state index in [2.05, 4.69) is 27.4 Å². The maximum Gasteiger partial charge on any atom is 0.316 e. The van der Waals surface area contributed by atoms with Crippen LogP contribution in [0.5, 0.6) is 0 Å². The lowest BCUT2D eigenvalue weighted by Gasteiger charge is -2.02. The van der Waals surface area contributed by atoms with E-state index < -0.39 is 5.91 Å². The Labute approximate surface area is 127 Å². The molecule has 3 aromatic rings. The van der Waals surface area contributed by atoms with Gasteiger partial charge in [0.05, 0.1) is 0 Å². The lowest BCUT2D eigenvalue weighted by molar-refractivity contribution is 0.0981. The van der Waals surface area contributed by atoms with Gasteiger partial charge in [0, 0.05) is 23.6 Å². The zero-order chi connectivity index (χ0) is 15.4. The topological polar surface area (TPSA) is 80.9 Å². The van der Waals surface area contributed by atoms with Crippen molar-refractivity contribution in [2.45, 2.75) is 13.3 Å². The summed E-state index contributed by atoms with van der Waals surface area (Å²) in [6, 6.07) is 11.1. The van der Waals surface area contributed by atoms with Crippen LogP contribution in [0.15, 0.2) is 53.3 Å². The molecule has 6 nitrogen and oxygen atoms in total. The number of nitrogens with zero attached hydrogens (tertiary/aromatic N) is 3. The molecule has 6 heteroatoms. The zero-order valence-corrected chi connectivity index (χ0v) is 12.0. The third kappa shape index (κ3) is 3.01. The van der Waals surface area contributed by atoms with Gasteiger partial charge in [0.25, 0.3) is 0 Å². The van der Waals surface area contributed by atoms with E-state index in [-0.39, 0.29) is 5.89 Å². The number of pyridine rings is 1. The van der Waals surface area contributed by atoms with Crippen molar-refractivity contribution >= 4 is 11.6 Å². The van der Waals surface area contributed by atoms with E-state index in [0.29, 0.717) is 11.5 Å². The van der Waals surface area contributed by atoms with Crippen LogP contribution in [0, 0.1) is 0 Å². The summed E-state index contributed by atoms with van der Waals surface area (Å²) in [5, 5.41) is 6.53. The number of anilines is 1. The maximum atomic E-state index is 12.1. The number of aromatic nitrogens is 3. The second-order valence-corrected chi connectivity index (χ2v) is 4.66. The van der Waals surface area contributed by atoms with Crippen molar-refractivity contribution < 1.29 is 9.32 Å². The van der Waals surface area contributed by atoms with Crippen LogP contribution in [0.2, 0.25) is 0 Å². The fourth-order valence-corrected chi connectivity index (χ4v) is 1.94. The molecule has 0 saturated carbocycles. The Bertz CT molecular complexity index is 766. The number of hydrogen-bond acceptors (Lipinski definition) is 5. The first-order valence-corrected chi connectivity index (χ1v) is 6.90. The largest absolute Gasteiger partial charge is 0.328 e. The van der Waals surface area contributed by atoms with Crippen molar-refractivity contribution in [2.75, 3.05) is 5.32 Å². The molecule has 0 bridgehead atoms. The number of amides is 1. The first-order chi connectivity index (χ1) is 10.8. The lowest BCUT2D eigenvalue weighted by Crippen LogP contribution is -2.12. The van der Waals surface area contributed by atoms with Crippen LogP contribution in [-0.4, -0.2) is 21.0 Å². The molecule has 0 aliphatic heterocycles. The first-order valence-electron chi connectivity index (χ1n) is 6.90. The first kappa shape index (κ1) is 13.9. The number of benzene rings is 1. The molecule has 2 aromatic heterocycles. The smallest absolute Gasteiger partial charge is 0.316 e. The van der Waals surface area contributed by atoms with Crippen LogP contribution in [-0.2, 0) is 6.42 Å². The number of hydrogen-bond donors (Lipinski definition) is 1. The SMILES string of the molecule is CCc1ccc(NC(=O)c2nc(-c3ccncc3)no2)cc1. The van der Waals surface area contributed by atoms with E-state index in [1.54, 1.807) is 24.5 Å². The molecular weight excluding hydrogens is 280 g/mol. The quantitative estimate of drug-likeness (QED) is 0.800. The Morgan fingerprint density at radius 1 is 1.14 bits per heavy atom. The summed E-state index contributed by atoms with van der Waals surface area (Å²) in [6.45, 7) is 2.08. The maximum absolute atomic E-state index is 12.1. The molecule has 110 valence electrons. The molecule has 0 saturated heterocycles. The van der Waals surface area contributed by atoms with Gasteiger partial charge >= 0.3 is 11.8 Å². The van der Waals surface area contributed by atoms with Crippen molar-refractivity contribution in [3.05, 3.63) is 60.2 Å². The number of rotatable bonds is 4. The number of aryl methyl sites for hydroxylation is 1. The van der Waals surface area contributed by atoms with Crippen molar-refractivity contribution in [3.8, 4) is 11.4 Å². The van der Waals surface area contributed by atoms with Gasteiger partial charge in [-0.15, -0.1) is 0 Å². The van der Waals surface area contributed by atoms with E-state index >= 15 is 0 Å². The highest BCUT2D eigenvalue weighted by Crippen LogP contribution is 2.15. The van der Waals surface area contributed by atoms with Crippen LogP contribution in [0.4, 0.5) is 5.69 Å². The summed E-state index contributed by atoms with van der Waals surface area (Å²) in [4.78, 5) is 20.1. The Kier molecular flexibility index (Phi) is 3.91. The molecule has 0 aliphatic rings. The summed E-state index contributed by atoms with van der Waals surface area (Å²) >= 11 is 0. The average molecular weight is 294 g/mol. The average Bonchev–Trinajstić information content (AvgIpc) is 3.06. The van der Waals surface area contributed by atoms with Crippen LogP contribution in [0.1, 0.15) is 23.2 Å². The molecule has 0 atom stereocenters. The van der Waals surface area contributed by atoms with E-state index in [0.717, 1.165) is 12.0 Å². The second-order valence-electron chi connectivity index (χ2n) is 4.66. The molecule has 0 fully saturated rings. The van der Waals surface area contributed by atoms with Crippen molar-refractivity contribution in [1.82, 2.24) is 15.1 Å². The highest BCUT2D eigenvalue weighted by Gasteiger charge is 2.16. The van der Waals surface area contributed by atoms with E-state index in [9.17, 15) is 4.79 Å². The summed E-state index contributed by atoms with van der Waals surface area (Å²) in [5.41, 5.74) is 2.63. The fourth-order valence-electron chi connectivity index (χ4n) is 1.94. The minimum Gasteiger partial charge on any atom is -0.328 e. The monoisotopic (exact) mass is 294 g/mol. The molecular formula is C16H14N4O2. The molecule has 0 unspecified atom stereocenters. The highest BCUT2D eigenvalue weighted by molar-refractivity contribution is 6.01. The Morgan fingerprint density at radius 3 is 2.55 bits per heavy atom. The molecule has 3 rings (SSSR count). The van der Waals surface area contributed by atoms with E-state index in [4.69, 9.17) is 4.52 Å². The van der Waals surface area contributed by atoms with Crippen molar-refractivity contribution in [1.29, 1.82) is 0 Å². The summed E-state index contributed by atoms with van der Waals surface area (Å²) in [6.07, 6.45) is 4.20. The Hall–Kier alpha value is -3.02. The summed E-state index contributed by atoms with van der Waals surface area (Å²) in [7, 11) is 0. The van der Waals surface area contributed by atoms with Gasteiger partial charge in [0.1, 0.15) is 0 Å².